The van der Waals surface area contributed by atoms with Crippen LogP contribution < -0.4 is 33.6 Å². The summed E-state index contributed by atoms with van der Waals surface area (Å²) in [5, 5.41) is 0.820. The monoisotopic (exact) mass is 426 g/mol. The van der Waals surface area contributed by atoms with Gasteiger partial charge in [0, 0.05) is 30.1 Å². The zero-order valence-electron chi connectivity index (χ0n) is 20.1. The quantitative estimate of drug-likeness (QED) is 0.313. The first-order valence-corrected chi connectivity index (χ1v) is 10.9. The van der Waals surface area contributed by atoms with Gasteiger partial charge in [-0.05, 0) is 73.4 Å². The number of hydrogen-bond donors (Lipinski definition) is 0. The fourth-order valence-electron chi connectivity index (χ4n) is 3.04. The summed E-state index contributed by atoms with van der Waals surface area (Å²) in [5.74, 6) is 1.21. The number of carbonyl (C=O) groups is 1. The summed E-state index contributed by atoms with van der Waals surface area (Å²) >= 11 is 0. The molecule has 0 aliphatic rings. The van der Waals surface area contributed by atoms with E-state index in [1.807, 2.05) is 71.9 Å². The molecule has 0 saturated carbocycles. The maximum Gasteiger partial charge on any atom is 1.00 e. The molecular weight excluding hydrogens is 394 g/mol. The number of hydrogen-bond acceptors (Lipinski definition) is 5. The van der Waals surface area contributed by atoms with Gasteiger partial charge in [-0.3, -0.25) is 4.79 Å². The molecule has 0 aliphatic heterocycles. The molecule has 0 aliphatic carbocycles. The molecule has 3 atom stereocenters. The van der Waals surface area contributed by atoms with E-state index in [1.54, 1.807) is 6.07 Å². The summed E-state index contributed by atoms with van der Waals surface area (Å²) in [6.07, 6.45) is -0.805. The fraction of sp³-hybridized carbons (Fsp3) is 0.435. The molecule has 0 saturated heterocycles. The largest absolute Gasteiger partial charge is 1.00 e. The third-order valence-corrected chi connectivity index (χ3v) is 5.47. The molecular formula is C23H32LiO5P. The molecule has 2 aromatic carbocycles. The molecule has 0 amide bonds. The molecule has 0 N–H and O–H groups in total. The second-order valence-corrected chi connectivity index (χ2v) is 7.90. The summed E-state index contributed by atoms with van der Waals surface area (Å²) in [6.45, 7) is 12.5. The Morgan fingerprint density at radius 1 is 0.967 bits per heavy atom. The van der Waals surface area contributed by atoms with Crippen molar-refractivity contribution in [1.82, 2.24) is 0 Å². The predicted octanol–water partition coefficient (Wildman–Crippen LogP) is 2.09. The number of ether oxygens (including phenoxy) is 4. The molecule has 2 rings (SSSR count). The van der Waals surface area contributed by atoms with Crippen LogP contribution in [-0.2, 0) is 9.47 Å². The second kappa shape index (κ2) is 13.2. The standard InChI is InChI=1S/C23H31O5P.Li.H/c1-7-25-17(5)27-19-12-13-21(20(14-19)28-18(6)26-8-2)29-23(24)22-15(3)10-9-11-16(22)4;;/h9-14,17-18,29H,7-8H2,1-6H3;;/q;+1;-1. The fourth-order valence-corrected chi connectivity index (χ4v) is 4.23. The van der Waals surface area contributed by atoms with Crippen LogP contribution in [0.1, 0.15) is 50.6 Å². The number of aryl methyl sites for hydroxylation is 2. The van der Waals surface area contributed by atoms with Crippen LogP contribution in [-0.4, -0.2) is 31.3 Å². The van der Waals surface area contributed by atoms with Crippen molar-refractivity contribution in [3.8, 4) is 11.5 Å². The van der Waals surface area contributed by atoms with Crippen molar-refractivity contribution in [2.24, 2.45) is 0 Å². The van der Waals surface area contributed by atoms with E-state index in [2.05, 4.69) is 0 Å². The van der Waals surface area contributed by atoms with Crippen LogP contribution in [0.2, 0.25) is 0 Å². The van der Waals surface area contributed by atoms with Gasteiger partial charge in [0.2, 0.25) is 0 Å². The van der Waals surface area contributed by atoms with Crippen LogP contribution in [0.25, 0.3) is 0 Å². The van der Waals surface area contributed by atoms with Crippen molar-refractivity contribution < 1.29 is 44.0 Å². The molecule has 0 bridgehead atoms. The number of benzene rings is 2. The Morgan fingerprint density at radius 3 is 2.10 bits per heavy atom. The molecule has 0 aromatic heterocycles. The zero-order chi connectivity index (χ0) is 21.4. The van der Waals surface area contributed by atoms with E-state index in [4.69, 9.17) is 18.9 Å². The van der Waals surface area contributed by atoms with E-state index in [0.717, 1.165) is 22.0 Å². The molecule has 0 fully saturated rings. The first-order valence-electron chi connectivity index (χ1n) is 9.93. The minimum Gasteiger partial charge on any atom is -1.00 e. The molecule has 160 valence electrons. The summed E-state index contributed by atoms with van der Waals surface area (Å²) in [7, 11) is -0.0647. The van der Waals surface area contributed by atoms with Crippen molar-refractivity contribution in [3.63, 3.8) is 0 Å². The molecule has 0 radical (unpaired) electrons. The minimum atomic E-state index is -0.432. The Morgan fingerprint density at radius 2 is 1.53 bits per heavy atom. The van der Waals surface area contributed by atoms with Gasteiger partial charge in [0.05, 0.1) is 0 Å². The summed E-state index contributed by atoms with van der Waals surface area (Å²) in [5.41, 5.74) is 2.84. The van der Waals surface area contributed by atoms with E-state index >= 15 is 0 Å². The van der Waals surface area contributed by atoms with E-state index < -0.39 is 6.29 Å². The molecule has 0 heterocycles. The molecule has 30 heavy (non-hydrogen) atoms. The third-order valence-electron chi connectivity index (χ3n) is 4.31. The van der Waals surface area contributed by atoms with Gasteiger partial charge in [-0.15, -0.1) is 0 Å². The number of carbonyl (C=O) groups excluding carboxylic acids is 1. The minimum absolute atomic E-state index is 0. The molecule has 3 unspecified atom stereocenters. The van der Waals surface area contributed by atoms with Crippen molar-refractivity contribution in [2.45, 2.75) is 54.1 Å². The van der Waals surface area contributed by atoms with E-state index in [-0.39, 0.29) is 40.7 Å². The Labute approximate surface area is 195 Å². The Bertz CT molecular complexity index is 813. The van der Waals surface area contributed by atoms with Gasteiger partial charge in [-0.1, -0.05) is 18.2 Å². The zero-order valence-corrected chi connectivity index (χ0v) is 20.1. The molecule has 2 aromatic rings. The van der Waals surface area contributed by atoms with Gasteiger partial charge in [-0.25, -0.2) is 0 Å². The molecule has 7 heteroatoms. The topological polar surface area (TPSA) is 54.0 Å². The SMILES string of the molecule is CCOC(C)Oc1ccc(PC(=O)c2c(C)cccc2C)c(OC(C)OCC)c1.[H-].[Li+]. The van der Waals surface area contributed by atoms with Crippen molar-refractivity contribution in [2.75, 3.05) is 13.2 Å². The van der Waals surface area contributed by atoms with E-state index in [0.29, 0.717) is 24.7 Å². The average Bonchev–Trinajstić information content (AvgIpc) is 2.64. The van der Waals surface area contributed by atoms with Crippen LogP contribution in [0, 0.1) is 13.8 Å². The smallest absolute Gasteiger partial charge is 1.00 e. The molecule has 0 spiro atoms. The summed E-state index contributed by atoms with van der Waals surface area (Å²) in [4.78, 5) is 13.0. The van der Waals surface area contributed by atoms with Gasteiger partial charge in [0.1, 0.15) is 11.5 Å². The van der Waals surface area contributed by atoms with Crippen molar-refractivity contribution in [3.05, 3.63) is 53.1 Å². The maximum absolute atomic E-state index is 13.0. The predicted molar refractivity (Wildman–Crippen MR) is 119 cm³/mol. The first kappa shape index (κ1) is 26.7. The van der Waals surface area contributed by atoms with Crippen molar-refractivity contribution >= 4 is 19.4 Å². The van der Waals surface area contributed by atoms with Gasteiger partial charge < -0.3 is 20.4 Å². The van der Waals surface area contributed by atoms with Gasteiger partial charge in [-0.2, -0.15) is 0 Å². The van der Waals surface area contributed by atoms with Crippen LogP contribution in [0.15, 0.2) is 36.4 Å². The van der Waals surface area contributed by atoms with Crippen LogP contribution in [0.5, 0.6) is 11.5 Å². The maximum atomic E-state index is 13.0. The van der Waals surface area contributed by atoms with Crippen LogP contribution >= 0.6 is 8.58 Å². The summed E-state index contributed by atoms with van der Waals surface area (Å²) < 4.78 is 22.7. The normalized spacial score (nSPS) is 13.0. The third kappa shape index (κ3) is 7.73. The second-order valence-electron chi connectivity index (χ2n) is 6.66. The van der Waals surface area contributed by atoms with Gasteiger partial charge >= 0.3 is 18.9 Å². The Kier molecular flexibility index (Phi) is 11.7. The van der Waals surface area contributed by atoms with E-state index in [1.165, 1.54) is 0 Å². The van der Waals surface area contributed by atoms with Gasteiger partial charge in [0.25, 0.3) is 0 Å². The molecule has 5 nitrogen and oxygen atoms in total. The Hall–Kier alpha value is -1.34. The number of rotatable bonds is 11. The first-order chi connectivity index (χ1) is 13.8. The summed E-state index contributed by atoms with van der Waals surface area (Å²) in [6, 6.07) is 11.4. The van der Waals surface area contributed by atoms with E-state index in [9.17, 15) is 4.79 Å². The van der Waals surface area contributed by atoms with Crippen LogP contribution in [0.4, 0.5) is 0 Å². The van der Waals surface area contributed by atoms with Crippen LogP contribution in [0.3, 0.4) is 0 Å². The van der Waals surface area contributed by atoms with Gasteiger partial charge in [0.15, 0.2) is 18.1 Å². The Balaban J connectivity index is 0.00000450. The average molecular weight is 426 g/mol. The van der Waals surface area contributed by atoms with Crippen molar-refractivity contribution in [1.29, 1.82) is 0 Å².